The molecule has 13 heavy (non-hydrogen) atoms. The Morgan fingerprint density at radius 1 is 1.69 bits per heavy atom. The van der Waals surface area contributed by atoms with Gasteiger partial charge in [0.15, 0.2) is 0 Å². The lowest BCUT2D eigenvalue weighted by Crippen LogP contribution is -2.08. The molecular formula is C10H17N3. The third-order valence-corrected chi connectivity index (χ3v) is 2.80. The summed E-state index contributed by atoms with van der Waals surface area (Å²) in [5.41, 5.74) is 1.08. The molecular weight excluding hydrogens is 162 g/mol. The maximum atomic E-state index is 4.39. The van der Waals surface area contributed by atoms with Gasteiger partial charge in [0.1, 0.15) is 0 Å². The Kier molecular flexibility index (Phi) is 2.02. The minimum atomic E-state index is 0.872. The normalized spacial score (nSPS) is 26.1. The molecule has 1 heterocycles. The quantitative estimate of drug-likeness (QED) is 0.766. The van der Waals surface area contributed by atoms with Crippen LogP contribution < -0.4 is 5.32 Å². The third-order valence-electron chi connectivity index (χ3n) is 2.80. The summed E-state index contributed by atoms with van der Waals surface area (Å²) in [5.74, 6) is 2.78. The van der Waals surface area contributed by atoms with Crippen LogP contribution in [-0.4, -0.2) is 16.1 Å². The minimum Gasteiger partial charge on any atom is -0.355 e. The summed E-state index contributed by atoms with van der Waals surface area (Å²) >= 11 is 0. The van der Waals surface area contributed by atoms with E-state index < -0.39 is 0 Å². The van der Waals surface area contributed by atoms with E-state index in [0.29, 0.717) is 0 Å². The van der Waals surface area contributed by atoms with Crippen molar-refractivity contribution in [1.29, 1.82) is 0 Å². The van der Waals surface area contributed by atoms with Gasteiger partial charge in [-0.15, -0.1) is 0 Å². The molecule has 0 aromatic carbocycles. The zero-order valence-electron chi connectivity index (χ0n) is 8.54. The summed E-state index contributed by atoms with van der Waals surface area (Å²) in [6, 6.07) is 0. The summed E-state index contributed by atoms with van der Waals surface area (Å²) in [6.45, 7) is 5.40. The second-order valence-electron chi connectivity index (χ2n) is 4.17. The average Bonchev–Trinajstić information content (AvgIpc) is 2.65. The molecule has 3 nitrogen and oxygen atoms in total. The first-order valence-electron chi connectivity index (χ1n) is 4.90. The zero-order valence-corrected chi connectivity index (χ0v) is 8.54. The van der Waals surface area contributed by atoms with Gasteiger partial charge < -0.3 is 9.88 Å². The van der Waals surface area contributed by atoms with E-state index >= 15 is 0 Å². The lowest BCUT2D eigenvalue weighted by atomic mass is 10.3. The van der Waals surface area contributed by atoms with Crippen molar-refractivity contribution in [2.24, 2.45) is 18.9 Å². The number of imidazole rings is 1. The van der Waals surface area contributed by atoms with Crippen molar-refractivity contribution in [3.05, 3.63) is 11.9 Å². The molecule has 1 fully saturated rings. The predicted molar refractivity (Wildman–Crippen MR) is 53.7 cm³/mol. The molecule has 0 bridgehead atoms. The van der Waals surface area contributed by atoms with Crippen molar-refractivity contribution < 1.29 is 0 Å². The summed E-state index contributed by atoms with van der Waals surface area (Å²) in [7, 11) is 2.03. The standard InChI is InChI=1S/C10H17N3/c1-7-4-9(7)5-11-10-12-8(2)6-13(10)3/h6-7,9H,4-5H2,1-3H3,(H,11,12). The van der Waals surface area contributed by atoms with Crippen LogP contribution >= 0.6 is 0 Å². The zero-order chi connectivity index (χ0) is 9.42. The predicted octanol–water partition coefficient (Wildman–Crippen LogP) is 1.80. The summed E-state index contributed by atoms with van der Waals surface area (Å²) in [4.78, 5) is 4.39. The van der Waals surface area contributed by atoms with E-state index in [1.165, 1.54) is 6.42 Å². The molecule has 0 saturated heterocycles. The Morgan fingerprint density at radius 2 is 2.38 bits per heavy atom. The Labute approximate surface area is 79.2 Å². The molecule has 1 aliphatic carbocycles. The van der Waals surface area contributed by atoms with E-state index in [0.717, 1.165) is 30.0 Å². The van der Waals surface area contributed by atoms with Crippen LogP contribution in [0.3, 0.4) is 0 Å². The van der Waals surface area contributed by atoms with Crippen molar-refractivity contribution >= 4 is 5.95 Å². The average molecular weight is 179 g/mol. The highest BCUT2D eigenvalue weighted by molar-refractivity contribution is 5.28. The van der Waals surface area contributed by atoms with E-state index in [1.54, 1.807) is 0 Å². The number of hydrogen-bond acceptors (Lipinski definition) is 2. The molecule has 1 aromatic heterocycles. The molecule has 0 radical (unpaired) electrons. The number of nitrogens with one attached hydrogen (secondary N) is 1. The number of nitrogens with zero attached hydrogens (tertiary/aromatic N) is 2. The fourth-order valence-electron chi connectivity index (χ4n) is 1.69. The molecule has 72 valence electrons. The van der Waals surface area contributed by atoms with Gasteiger partial charge in [-0.25, -0.2) is 4.98 Å². The van der Waals surface area contributed by atoms with Crippen LogP contribution in [0.15, 0.2) is 6.20 Å². The van der Waals surface area contributed by atoms with Crippen LogP contribution in [0.5, 0.6) is 0 Å². The molecule has 1 saturated carbocycles. The van der Waals surface area contributed by atoms with Crippen molar-refractivity contribution in [3.63, 3.8) is 0 Å². The number of rotatable bonds is 3. The molecule has 1 aromatic rings. The van der Waals surface area contributed by atoms with Gasteiger partial charge in [0, 0.05) is 19.8 Å². The maximum absolute atomic E-state index is 4.39. The molecule has 0 amide bonds. The monoisotopic (exact) mass is 179 g/mol. The van der Waals surface area contributed by atoms with Crippen molar-refractivity contribution in [2.75, 3.05) is 11.9 Å². The first-order valence-corrected chi connectivity index (χ1v) is 4.90. The first-order chi connectivity index (χ1) is 6.16. The molecule has 1 N–H and O–H groups in total. The highest BCUT2D eigenvalue weighted by Gasteiger charge is 2.32. The van der Waals surface area contributed by atoms with Gasteiger partial charge in [-0.3, -0.25) is 0 Å². The molecule has 2 rings (SSSR count). The van der Waals surface area contributed by atoms with Crippen LogP contribution in [0.4, 0.5) is 5.95 Å². The molecule has 1 aliphatic rings. The van der Waals surface area contributed by atoms with Gasteiger partial charge in [-0.1, -0.05) is 6.92 Å². The number of aryl methyl sites for hydroxylation is 2. The Bertz CT molecular complexity index is 303. The van der Waals surface area contributed by atoms with Crippen LogP contribution in [-0.2, 0) is 7.05 Å². The lowest BCUT2D eigenvalue weighted by Gasteiger charge is -2.03. The van der Waals surface area contributed by atoms with Crippen LogP contribution in [0.1, 0.15) is 19.0 Å². The van der Waals surface area contributed by atoms with Gasteiger partial charge in [0.2, 0.25) is 5.95 Å². The number of hydrogen-bond donors (Lipinski definition) is 1. The smallest absolute Gasteiger partial charge is 0.202 e. The number of aromatic nitrogens is 2. The van der Waals surface area contributed by atoms with E-state index in [1.807, 2.05) is 24.7 Å². The third kappa shape index (κ3) is 1.85. The van der Waals surface area contributed by atoms with Crippen LogP contribution in [0.2, 0.25) is 0 Å². The molecule has 3 heteroatoms. The van der Waals surface area contributed by atoms with Gasteiger partial charge in [-0.2, -0.15) is 0 Å². The van der Waals surface area contributed by atoms with Gasteiger partial charge in [0.25, 0.3) is 0 Å². The Morgan fingerprint density at radius 3 is 2.85 bits per heavy atom. The van der Waals surface area contributed by atoms with Crippen LogP contribution in [0, 0.1) is 18.8 Å². The fraction of sp³-hybridized carbons (Fsp3) is 0.700. The van der Waals surface area contributed by atoms with Crippen molar-refractivity contribution in [3.8, 4) is 0 Å². The summed E-state index contributed by atoms with van der Waals surface area (Å²) in [6.07, 6.45) is 3.41. The Balaban J connectivity index is 1.90. The van der Waals surface area contributed by atoms with E-state index in [9.17, 15) is 0 Å². The van der Waals surface area contributed by atoms with E-state index in [2.05, 4.69) is 17.2 Å². The summed E-state index contributed by atoms with van der Waals surface area (Å²) in [5, 5.41) is 3.38. The summed E-state index contributed by atoms with van der Waals surface area (Å²) < 4.78 is 2.04. The number of anilines is 1. The first kappa shape index (κ1) is 8.60. The fourth-order valence-corrected chi connectivity index (χ4v) is 1.69. The maximum Gasteiger partial charge on any atom is 0.202 e. The molecule has 2 unspecified atom stereocenters. The van der Waals surface area contributed by atoms with Crippen molar-refractivity contribution in [2.45, 2.75) is 20.3 Å². The van der Waals surface area contributed by atoms with Crippen molar-refractivity contribution in [1.82, 2.24) is 9.55 Å². The topological polar surface area (TPSA) is 29.9 Å². The molecule has 0 spiro atoms. The molecule has 0 aliphatic heterocycles. The van der Waals surface area contributed by atoms with Crippen LogP contribution in [0.25, 0.3) is 0 Å². The van der Waals surface area contributed by atoms with Gasteiger partial charge in [0.05, 0.1) is 5.69 Å². The largest absolute Gasteiger partial charge is 0.355 e. The van der Waals surface area contributed by atoms with E-state index in [-0.39, 0.29) is 0 Å². The highest BCUT2D eigenvalue weighted by Crippen LogP contribution is 2.37. The molecule has 2 atom stereocenters. The van der Waals surface area contributed by atoms with E-state index in [4.69, 9.17) is 0 Å². The lowest BCUT2D eigenvalue weighted by molar-refractivity contribution is 0.772. The second-order valence-corrected chi connectivity index (χ2v) is 4.17. The Hall–Kier alpha value is -0.990. The SMILES string of the molecule is Cc1cn(C)c(NCC2CC2C)n1. The van der Waals surface area contributed by atoms with Gasteiger partial charge >= 0.3 is 0 Å². The minimum absolute atomic E-state index is 0.872. The highest BCUT2D eigenvalue weighted by atomic mass is 15.2. The second kappa shape index (κ2) is 3.05. The van der Waals surface area contributed by atoms with Gasteiger partial charge in [-0.05, 0) is 25.2 Å².